The zero-order chi connectivity index (χ0) is 21.4. The van der Waals surface area contributed by atoms with Crippen molar-refractivity contribution in [2.75, 3.05) is 28.2 Å². The molecule has 1 amide bonds. The third-order valence-electron chi connectivity index (χ3n) is 3.80. The summed E-state index contributed by atoms with van der Waals surface area (Å²) < 4.78 is 32.3. The molecule has 1 N–H and O–H groups in total. The number of hydrogen-bond acceptors (Lipinski definition) is 8. The summed E-state index contributed by atoms with van der Waals surface area (Å²) >= 11 is 2.85. The van der Waals surface area contributed by atoms with Gasteiger partial charge in [0, 0.05) is 5.75 Å². The van der Waals surface area contributed by atoms with Gasteiger partial charge in [-0.05, 0) is 44.0 Å². The van der Waals surface area contributed by atoms with Gasteiger partial charge in [0.2, 0.25) is 21.1 Å². The normalized spacial score (nSPS) is 12.4. The van der Waals surface area contributed by atoms with Crippen molar-refractivity contribution in [2.45, 2.75) is 44.0 Å². The topological polar surface area (TPSA) is 101 Å². The van der Waals surface area contributed by atoms with E-state index < -0.39 is 22.0 Å². The van der Waals surface area contributed by atoms with E-state index in [1.54, 1.807) is 43.0 Å². The van der Waals surface area contributed by atoms with E-state index in [1.807, 2.05) is 6.92 Å². The fraction of sp³-hybridized carbons (Fsp3) is 0.500. The average Bonchev–Trinajstić information content (AvgIpc) is 3.11. The lowest BCUT2D eigenvalue weighted by molar-refractivity contribution is -0.117. The van der Waals surface area contributed by atoms with Crippen LogP contribution in [0.25, 0.3) is 0 Å². The first-order valence-corrected chi connectivity index (χ1v) is 12.9. The van der Waals surface area contributed by atoms with Gasteiger partial charge in [-0.25, -0.2) is 8.42 Å². The van der Waals surface area contributed by atoms with Gasteiger partial charge in [0.25, 0.3) is 0 Å². The van der Waals surface area contributed by atoms with Crippen molar-refractivity contribution in [1.29, 1.82) is 0 Å². The fourth-order valence-electron chi connectivity index (χ4n) is 2.61. The Balaban J connectivity index is 2.23. The first kappa shape index (κ1) is 23.4. The molecule has 0 spiro atoms. The number of carbonyl (C=O) groups is 1. The molecule has 0 saturated heterocycles. The lowest BCUT2D eigenvalue weighted by Crippen LogP contribution is -2.47. The van der Waals surface area contributed by atoms with Crippen molar-refractivity contribution < 1.29 is 17.9 Å². The lowest BCUT2D eigenvalue weighted by atomic mass is 10.2. The smallest absolute Gasteiger partial charge is 0.250 e. The Morgan fingerprint density at radius 3 is 2.48 bits per heavy atom. The highest BCUT2D eigenvalue weighted by Crippen LogP contribution is 2.28. The quantitative estimate of drug-likeness (QED) is 0.405. The third-order valence-corrected chi connectivity index (χ3v) is 7.16. The summed E-state index contributed by atoms with van der Waals surface area (Å²) in [5, 5.41) is 11.1. The molecule has 1 aromatic heterocycles. The Bertz CT molecular complexity index is 900. The van der Waals surface area contributed by atoms with E-state index in [9.17, 15) is 13.2 Å². The summed E-state index contributed by atoms with van der Waals surface area (Å²) in [4.78, 5) is 12.9. The number of amides is 1. The minimum atomic E-state index is -3.70. The number of anilines is 2. The van der Waals surface area contributed by atoms with Crippen LogP contribution in [0.5, 0.6) is 5.75 Å². The second-order valence-corrected chi connectivity index (χ2v) is 10.3. The number of thioether (sulfide) groups is 1. The SMILES string of the molecule is CCCSc1nnc(NC(=O)C(CC)N(c2ccc(OCC)cc2)S(C)(=O)=O)s1. The zero-order valence-electron chi connectivity index (χ0n) is 16.9. The van der Waals surface area contributed by atoms with Gasteiger partial charge in [0.15, 0.2) is 4.34 Å². The molecule has 1 aromatic carbocycles. The molecule has 0 aliphatic rings. The largest absolute Gasteiger partial charge is 0.494 e. The highest BCUT2D eigenvalue weighted by Gasteiger charge is 2.32. The number of hydrogen-bond donors (Lipinski definition) is 1. The van der Waals surface area contributed by atoms with Crippen molar-refractivity contribution in [3.8, 4) is 5.75 Å². The predicted molar refractivity (Wildman–Crippen MR) is 119 cm³/mol. The van der Waals surface area contributed by atoms with E-state index in [2.05, 4.69) is 22.4 Å². The molecule has 0 bridgehead atoms. The number of nitrogens with zero attached hydrogens (tertiary/aromatic N) is 3. The summed E-state index contributed by atoms with van der Waals surface area (Å²) in [5.74, 6) is 1.10. The zero-order valence-corrected chi connectivity index (χ0v) is 19.4. The van der Waals surface area contributed by atoms with E-state index in [1.165, 1.54) is 11.3 Å². The molecule has 2 rings (SSSR count). The standard InChI is InChI=1S/C18H26N4O4S3/c1-5-12-27-18-21-20-17(28-18)19-16(23)15(6-2)22(29(4,24)25)13-8-10-14(11-9-13)26-7-3/h8-11,15H,5-7,12H2,1-4H3,(H,19,20,23). The molecule has 8 nitrogen and oxygen atoms in total. The van der Waals surface area contributed by atoms with Gasteiger partial charge >= 0.3 is 0 Å². The van der Waals surface area contributed by atoms with Gasteiger partial charge in [0.05, 0.1) is 18.6 Å². The monoisotopic (exact) mass is 458 g/mol. The van der Waals surface area contributed by atoms with E-state index in [0.29, 0.717) is 29.6 Å². The van der Waals surface area contributed by atoms with Gasteiger partial charge in [-0.3, -0.25) is 14.4 Å². The Morgan fingerprint density at radius 1 is 1.24 bits per heavy atom. The molecule has 0 aliphatic carbocycles. The van der Waals surface area contributed by atoms with Crippen molar-refractivity contribution in [2.24, 2.45) is 0 Å². The average molecular weight is 459 g/mol. The maximum Gasteiger partial charge on any atom is 0.250 e. The van der Waals surface area contributed by atoms with Crippen LogP contribution >= 0.6 is 23.1 Å². The van der Waals surface area contributed by atoms with E-state index in [4.69, 9.17) is 4.74 Å². The Kier molecular flexibility index (Phi) is 8.72. The molecule has 0 aliphatic heterocycles. The molecule has 1 atom stereocenters. The minimum absolute atomic E-state index is 0.294. The second-order valence-electron chi connectivity index (χ2n) is 6.12. The summed E-state index contributed by atoms with van der Waals surface area (Å²) in [7, 11) is -3.70. The van der Waals surface area contributed by atoms with Crippen LogP contribution in [0.4, 0.5) is 10.8 Å². The van der Waals surface area contributed by atoms with Crippen LogP contribution in [-0.4, -0.2) is 49.2 Å². The van der Waals surface area contributed by atoms with E-state index in [-0.39, 0.29) is 0 Å². The molecule has 11 heteroatoms. The number of carbonyl (C=O) groups excluding carboxylic acids is 1. The molecule has 0 radical (unpaired) electrons. The fourth-order valence-corrected chi connectivity index (χ4v) is 5.50. The summed E-state index contributed by atoms with van der Waals surface area (Å²) in [6.07, 6.45) is 2.39. The molecule has 29 heavy (non-hydrogen) atoms. The number of ether oxygens (including phenoxy) is 1. The van der Waals surface area contributed by atoms with Crippen LogP contribution in [0.3, 0.4) is 0 Å². The Morgan fingerprint density at radius 2 is 1.93 bits per heavy atom. The van der Waals surface area contributed by atoms with Crippen molar-refractivity contribution in [3.63, 3.8) is 0 Å². The first-order valence-electron chi connectivity index (χ1n) is 9.29. The maximum absolute atomic E-state index is 12.9. The van der Waals surface area contributed by atoms with Crippen molar-refractivity contribution in [1.82, 2.24) is 10.2 Å². The van der Waals surface area contributed by atoms with Crippen molar-refractivity contribution in [3.05, 3.63) is 24.3 Å². The molecular formula is C18H26N4O4S3. The highest BCUT2D eigenvalue weighted by atomic mass is 32.2. The molecule has 0 fully saturated rings. The van der Waals surface area contributed by atoms with Gasteiger partial charge in [-0.1, -0.05) is 36.9 Å². The molecule has 1 unspecified atom stereocenters. The number of sulfonamides is 1. The Hall–Kier alpha value is -1.85. The molecule has 160 valence electrons. The second kappa shape index (κ2) is 10.8. The first-order chi connectivity index (χ1) is 13.8. The van der Waals surface area contributed by atoms with Gasteiger partial charge in [-0.2, -0.15) is 0 Å². The van der Waals surface area contributed by atoms with Crippen LogP contribution in [-0.2, 0) is 14.8 Å². The van der Waals surface area contributed by atoms with Gasteiger partial charge < -0.3 is 4.74 Å². The Labute approximate surface area is 180 Å². The molecule has 2 aromatic rings. The number of rotatable bonds is 11. The van der Waals surface area contributed by atoms with Crippen LogP contribution in [0, 0.1) is 0 Å². The van der Waals surface area contributed by atoms with Gasteiger partial charge in [-0.15, -0.1) is 10.2 Å². The van der Waals surface area contributed by atoms with Crippen LogP contribution in [0.15, 0.2) is 28.6 Å². The van der Waals surface area contributed by atoms with Crippen LogP contribution < -0.4 is 14.4 Å². The van der Waals surface area contributed by atoms with Crippen LogP contribution in [0.1, 0.15) is 33.6 Å². The lowest BCUT2D eigenvalue weighted by Gasteiger charge is -2.29. The highest BCUT2D eigenvalue weighted by molar-refractivity contribution is 8.01. The summed E-state index contributed by atoms with van der Waals surface area (Å²) in [5.41, 5.74) is 0.398. The van der Waals surface area contributed by atoms with Crippen molar-refractivity contribution >= 4 is 49.8 Å². The maximum atomic E-state index is 12.9. The molecule has 1 heterocycles. The summed E-state index contributed by atoms with van der Waals surface area (Å²) in [6.45, 7) is 6.21. The van der Waals surface area contributed by atoms with E-state index in [0.717, 1.165) is 27.1 Å². The van der Waals surface area contributed by atoms with E-state index >= 15 is 0 Å². The number of benzene rings is 1. The summed E-state index contributed by atoms with van der Waals surface area (Å²) in [6, 6.07) is 5.71. The number of aromatic nitrogens is 2. The predicted octanol–water partition coefficient (Wildman–Crippen LogP) is 3.62. The molecular weight excluding hydrogens is 432 g/mol. The number of nitrogens with one attached hydrogen (secondary N) is 1. The minimum Gasteiger partial charge on any atom is -0.494 e. The molecule has 0 saturated carbocycles. The van der Waals surface area contributed by atoms with Crippen LogP contribution in [0.2, 0.25) is 0 Å². The van der Waals surface area contributed by atoms with Gasteiger partial charge in [0.1, 0.15) is 11.8 Å². The third kappa shape index (κ3) is 6.58.